The molecule has 0 bridgehead atoms. The molecule has 0 aliphatic rings. The van der Waals surface area contributed by atoms with Gasteiger partial charge in [-0.15, -0.1) is 0 Å². The van der Waals surface area contributed by atoms with Crippen LogP contribution in [-0.2, 0) is 0 Å². The summed E-state index contributed by atoms with van der Waals surface area (Å²) in [6, 6.07) is 17.6. The monoisotopic (exact) mass is 387 g/mol. The van der Waals surface area contributed by atoms with Gasteiger partial charge in [0, 0.05) is 5.56 Å². The van der Waals surface area contributed by atoms with Gasteiger partial charge in [-0.05, 0) is 36.8 Å². The van der Waals surface area contributed by atoms with Crippen molar-refractivity contribution in [2.24, 2.45) is 5.10 Å². The van der Waals surface area contributed by atoms with Gasteiger partial charge >= 0.3 is 0 Å². The molecule has 1 amide bonds. The molecule has 0 aliphatic heterocycles. The maximum atomic E-state index is 12.6. The van der Waals surface area contributed by atoms with Crippen molar-refractivity contribution >= 4 is 12.1 Å². The van der Waals surface area contributed by atoms with Crippen molar-refractivity contribution < 1.29 is 9.53 Å². The van der Waals surface area contributed by atoms with Gasteiger partial charge in [0.1, 0.15) is 17.4 Å². The van der Waals surface area contributed by atoms with Crippen LogP contribution in [0.25, 0.3) is 5.69 Å². The Morgan fingerprint density at radius 3 is 2.69 bits per heavy atom. The van der Waals surface area contributed by atoms with Crippen LogP contribution in [0.15, 0.2) is 64.5 Å². The van der Waals surface area contributed by atoms with Crippen molar-refractivity contribution in [3.8, 4) is 17.5 Å². The van der Waals surface area contributed by atoms with Crippen molar-refractivity contribution in [2.75, 3.05) is 7.11 Å². The van der Waals surface area contributed by atoms with Gasteiger partial charge in [0.25, 0.3) is 11.5 Å². The van der Waals surface area contributed by atoms with Crippen molar-refractivity contribution in [3.05, 3.63) is 87.3 Å². The average molecular weight is 387 g/mol. The number of ether oxygens (including phenoxy) is 1. The number of benzene rings is 2. The molecule has 29 heavy (non-hydrogen) atoms. The highest BCUT2D eigenvalue weighted by Crippen LogP contribution is 2.12. The fourth-order valence-electron chi connectivity index (χ4n) is 2.64. The van der Waals surface area contributed by atoms with Crippen molar-refractivity contribution in [1.29, 1.82) is 5.26 Å². The number of carbonyl (C=O) groups excluding carboxylic acids is 1. The third-order valence-corrected chi connectivity index (χ3v) is 4.14. The van der Waals surface area contributed by atoms with Gasteiger partial charge in [0.05, 0.1) is 19.0 Å². The Labute approximate surface area is 166 Å². The van der Waals surface area contributed by atoms with E-state index in [0.29, 0.717) is 11.4 Å². The quantitative estimate of drug-likeness (QED) is 0.533. The summed E-state index contributed by atoms with van der Waals surface area (Å²) in [7, 11) is 1.56. The minimum atomic E-state index is -0.636. The minimum Gasteiger partial charge on any atom is -0.497 e. The fraction of sp³-hybridized carbons (Fsp3) is 0.0952. The van der Waals surface area contributed by atoms with Gasteiger partial charge in [-0.1, -0.05) is 30.3 Å². The molecular weight excluding hydrogens is 370 g/mol. The van der Waals surface area contributed by atoms with E-state index in [1.54, 1.807) is 61.7 Å². The number of aromatic nitrogens is 2. The summed E-state index contributed by atoms with van der Waals surface area (Å²) < 4.78 is 6.17. The second-order valence-electron chi connectivity index (χ2n) is 5.99. The average Bonchev–Trinajstić information content (AvgIpc) is 2.75. The first-order valence-electron chi connectivity index (χ1n) is 8.62. The van der Waals surface area contributed by atoms with Crippen LogP contribution in [-0.4, -0.2) is 29.0 Å². The van der Waals surface area contributed by atoms with Crippen molar-refractivity contribution in [3.63, 3.8) is 0 Å². The Hall–Kier alpha value is -4.25. The molecular formula is C21H17N5O3. The van der Waals surface area contributed by atoms with Crippen LogP contribution in [0.2, 0.25) is 0 Å². The summed E-state index contributed by atoms with van der Waals surface area (Å²) in [6.07, 6.45) is 1.45. The highest BCUT2D eigenvalue weighted by Gasteiger charge is 2.19. The number of rotatable bonds is 5. The van der Waals surface area contributed by atoms with Crippen molar-refractivity contribution in [1.82, 2.24) is 15.2 Å². The Bertz CT molecular complexity index is 1180. The van der Waals surface area contributed by atoms with Gasteiger partial charge in [0.15, 0.2) is 5.69 Å². The number of nitrogens with one attached hydrogen (secondary N) is 1. The lowest BCUT2D eigenvalue weighted by Gasteiger charge is -2.10. The van der Waals surface area contributed by atoms with E-state index in [1.807, 2.05) is 6.07 Å². The minimum absolute atomic E-state index is 0.0622. The van der Waals surface area contributed by atoms with E-state index in [9.17, 15) is 14.9 Å². The van der Waals surface area contributed by atoms with E-state index in [0.717, 1.165) is 10.2 Å². The molecule has 8 heteroatoms. The summed E-state index contributed by atoms with van der Waals surface area (Å²) in [5.41, 5.74) is 2.94. The van der Waals surface area contributed by atoms with Crippen LogP contribution in [0.4, 0.5) is 0 Å². The molecule has 0 saturated heterocycles. The highest BCUT2D eigenvalue weighted by molar-refractivity contribution is 5.94. The lowest BCUT2D eigenvalue weighted by Crippen LogP contribution is -2.31. The first-order chi connectivity index (χ1) is 14.0. The second-order valence-corrected chi connectivity index (χ2v) is 5.99. The van der Waals surface area contributed by atoms with Crippen LogP contribution in [0.5, 0.6) is 5.75 Å². The number of hydrogen-bond donors (Lipinski definition) is 1. The fourth-order valence-corrected chi connectivity index (χ4v) is 2.64. The molecule has 2 aromatic carbocycles. The number of methoxy groups -OCH3 is 1. The highest BCUT2D eigenvalue weighted by atomic mass is 16.5. The predicted molar refractivity (Wildman–Crippen MR) is 107 cm³/mol. The van der Waals surface area contributed by atoms with E-state index in [1.165, 1.54) is 13.1 Å². The lowest BCUT2D eigenvalue weighted by molar-refractivity contribution is 0.0947. The Kier molecular flexibility index (Phi) is 5.80. The van der Waals surface area contributed by atoms with Gasteiger partial charge in [-0.3, -0.25) is 9.59 Å². The Balaban J connectivity index is 1.93. The van der Waals surface area contributed by atoms with Gasteiger partial charge < -0.3 is 4.74 Å². The lowest BCUT2D eigenvalue weighted by atomic mass is 10.1. The molecule has 144 valence electrons. The Morgan fingerprint density at radius 2 is 2.00 bits per heavy atom. The summed E-state index contributed by atoms with van der Waals surface area (Å²) >= 11 is 0. The van der Waals surface area contributed by atoms with E-state index in [2.05, 4.69) is 15.6 Å². The largest absolute Gasteiger partial charge is 0.497 e. The summed E-state index contributed by atoms with van der Waals surface area (Å²) in [6.45, 7) is 1.50. The van der Waals surface area contributed by atoms with Gasteiger partial charge in [-0.25, -0.2) is 5.43 Å². The normalized spacial score (nSPS) is 10.5. The van der Waals surface area contributed by atoms with Gasteiger partial charge in [0.2, 0.25) is 0 Å². The number of nitriles is 1. The molecule has 0 spiro atoms. The smallest absolute Gasteiger partial charge is 0.292 e. The zero-order valence-electron chi connectivity index (χ0n) is 15.8. The van der Waals surface area contributed by atoms with Crippen molar-refractivity contribution in [2.45, 2.75) is 6.92 Å². The summed E-state index contributed by atoms with van der Waals surface area (Å²) in [5.74, 6) is 0.0224. The van der Waals surface area contributed by atoms with E-state index >= 15 is 0 Å². The van der Waals surface area contributed by atoms with Crippen LogP contribution in [0.1, 0.15) is 27.2 Å². The number of hydrogen-bond acceptors (Lipinski definition) is 6. The maximum absolute atomic E-state index is 12.6. The number of nitrogens with zero attached hydrogens (tertiary/aromatic N) is 4. The third kappa shape index (κ3) is 4.20. The SMILES string of the molecule is COc1cccc(/C=N/NC(=O)c2nn(-c3ccccc3)c(=O)c(C#N)c2C)c1. The molecule has 3 rings (SSSR count). The first-order valence-corrected chi connectivity index (χ1v) is 8.62. The van der Waals surface area contributed by atoms with E-state index in [-0.39, 0.29) is 16.8 Å². The summed E-state index contributed by atoms with van der Waals surface area (Å²) in [4.78, 5) is 25.2. The molecule has 1 heterocycles. The molecule has 0 unspecified atom stereocenters. The van der Waals surface area contributed by atoms with Crippen LogP contribution >= 0.6 is 0 Å². The topological polar surface area (TPSA) is 109 Å². The predicted octanol–water partition coefficient (Wildman–Crippen LogP) is 2.19. The molecule has 0 fully saturated rings. The van der Waals surface area contributed by atoms with Crippen LogP contribution in [0, 0.1) is 18.3 Å². The zero-order chi connectivity index (χ0) is 20.8. The maximum Gasteiger partial charge on any atom is 0.292 e. The molecule has 1 aromatic heterocycles. The molecule has 1 N–H and O–H groups in total. The Morgan fingerprint density at radius 1 is 1.24 bits per heavy atom. The number of amides is 1. The zero-order valence-corrected chi connectivity index (χ0v) is 15.8. The number of para-hydroxylation sites is 1. The number of hydrazone groups is 1. The molecule has 0 radical (unpaired) electrons. The third-order valence-electron chi connectivity index (χ3n) is 4.14. The number of carbonyl (C=O) groups is 1. The van der Waals surface area contributed by atoms with E-state index < -0.39 is 11.5 Å². The molecule has 0 saturated carbocycles. The summed E-state index contributed by atoms with van der Waals surface area (Å²) in [5, 5.41) is 17.5. The standard InChI is InChI=1S/C21H17N5O3/c1-14-18(12-22)21(28)26(16-8-4-3-5-9-16)25-19(14)20(27)24-23-13-15-7-6-10-17(11-15)29-2/h3-11,13H,1-2H3,(H,24,27)/b23-13+. The van der Waals surface area contributed by atoms with Crippen LogP contribution < -0.4 is 15.7 Å². The molecule has 0 atom stereocenters. The molecule has 0 aliphatic carbocycles. The molecule has 3 aromatic rings. The first kappa shape index (κ1) is 19.5. The van der Waals surface area contributed by atoms with Gasteiger partial charge in [-0.2, -0.15) is 20.1 Å². The van der Waals surface area contributed by atoms with E-state index in [4.69, 9.17) is 4.74 Å². The molecule has 8 nitrogen and oxygen atoms in total. The van der Waals surface area contributed by atoms with Crippen LogP contribution in [0.3, 0.4) is 0 Å². The second kappa shape index (κ2) is 8.63.